The van der Waals surface area contributed by atoms with Crippen molar-refractivity contribution >= 4 is 22.2 Å². The second-order valence-corrected chi connectivity index (χ2v) is 8.92. The van der Waals surface area contributed by atoms with E-state index in [0.29, 0.717) is 5.56 Å². The van der Waals surface area contributed by atoms with Gasteiger partial charge in [0, 0.05) is 21.6 Å². The van der Waals surface area contributed by atoms with Gasteiger partial charge in [-0.3, -0.25) is 4.79 Å². The number of hydrogen-bond acceptors (Lipinski definition) is 3. The summed E-state index contributed by atoms with van der Waals surface area (Å²) in [5.41, 5.74) is 4.43. The summed E-state index contributed by atoms with van der Waals surface area (Å²) in [6, 6.07) is 20.7. The topological polar surface area (TPSA) is 42.8 Å². The van der Waals surface area contributed by atoms with Gasteiger partial charge in [-0.25, -0.2) is 0 Å². The maximum Gasteiger partial charge on any atom is 0.256 e. The number of carbonyl (C=O) groups excluding carboxylic acids is 1. The molecular formula is C25H29N2O2S+. The van der Waals surface area contributed by atoms with Crippen molar-refractivity contribution in [1.29, 1.82) is 0 Å². The molecule has 1 fully saturated rings. The smallest absolute Gasteiger partial charge is 0.256 e. The fourth-order valence-electron chi connectivity index (χ4n) is 4.03. The van der Waals surface area contributed by atoms with Crippen LogP contribution in [0.4, 0.5) is 5.00 Å². The number of amides is 1. The molecule has 4 nitrogen and oxygen atoms in total. The number of anilines is 1. The van der Waals surface area contributed by atoms with E-state index in [-0.39, 0.29) is 11.9 Å². The monoisotopic (exact) mass is 421 g/mol. The molecule has 1 amide bonds. The normalized spacial score (nSPS) is 15.7. The van der Waals surface area contributed by atoms with E-state index in [4.69, 9.17) is 4.74 Å². The molecule has 156 valence electrons. The van der Waals surface area contributed by atoms with Crippen LogP contribution in [0.2, 0.25) is 0 Å². The van der Waals surface area contributed by atoms with Gasteiger partial charge in [0.25, 0.3) is 5.91 Å². The first-order valence-corrected chi connectivity index (χ1v) is 11.4. The van der Waals surface area contributed by atoms with Crippen LogP contribution in [0.3, 0.4) is 0 Å². The molecule has 0 radical (unpaired) electrons. The molecule has 1 aliphatic rings. The Morgan fingerprint density at radius 3 is 2.47 bits per heavy atom. The maximum absolute atomic E-state index is 12.9. The van der Waals surface area contributed by atoms with Crippen LogP contribution in [-0.2, 0) is 11.2 Å². The summed E-state index contributed by atoms with van der Waals surface area (Å²) in [4.78, 5) is 15.7. The highest BCUT2D eigenvalue weighted by Gasteiger charge is 2.32. The van der Waals surface area contributed by atoms with Crippen molar-refractivity contribution in [1.82, 2.24) is 0 Å². The van der Waals surface area contributed by atoms with Gasteiger partial charge in [0.05, 0.1) is 13.2 Å². The standard InChI is InChI=1S/C25H28N2O2S/c1-3-21-17-22(25(30-21)26-24(28)20-7-5-4-6-8-20)23(27-13-15-29-16-14-27)19-11-9-18(2)10-12-19/h4-12,17,23H,3,13-16H2,1-2H3,(H,26,28)/p+1/t23-/m0/s1. The second kappa shape index (κ2) is 9.56. The van der Waals surface area contributed by atoms with Gasteiger partial charge < -0.3 is 15.0 Å². The van der Waals surface area contributed by atoms with E-state index in [1.807, 2.05) is 30.3 Å². The number of rotatable bonds is 6. The average molecular weight is 422 g/mol. The van der Waals surface area contributed by atoms with Gasteiger partial charge in [-0.2, -0.15) is 0 Å². The zero-order valence-corrected chi connectivity index (χ0v) is 18.4. The molecule has 4 rings (SSSR count). The Morgan fingerprint density at radius 2 is 1.80 bits per heavy atom. The van der Waals surface area contributed by atoms with Crippen LogP contribution in [0.1, 0.15) is 44.9 Å². The minimum atomic E-state index is -0.0546. The number of ether oxygens (including phenoxy) is 1. The Hall–Kier alpha value is -2.47. The molecule has 30 heavy (non-hydrogen) atoms. The highest BCUT2D eigenvalue weighted by molar-refractivity contribution is 7.16. The summed E-state index contributed by atoms with van der Waals surface area (Å²) in [5.74, 6) is -0.0546. The molecule has 3 aromatic rings. The van der Waals surface area contributed by atoms with Crippen LogP contribution in [0, 0.1) is 6.92 Å². The SMILES string of the molecule is CCc1cc([C@H](c2ccc(C)cc2)[NH+]2CCOCC2)c(NC(=O)c2ccccc2)s1. The van der Waals surface area contributed by atoms with Crippen molar-refractivity contribution in [2.24, 2.45) is 0 Å². The van der Waals surface area contributed by atoms with E-state index < -0.39 is 0 Å². The molecular weight excluding hydrogens is 392 g/mol. The van der Waals surface area contributed by atoms with Gasteiger partial charge in [0.15, 0.2) is 0 Å². The van der Waals surface area contributed by atoms with Crippen molar-refractivity contribution in [3.05, 3.63) is 87.8 Å². The van der Waals surface area contributed by atoms with E-state index in [9.17, 15) is 4.79 Å². The number of hydrogen-bond donors (Lipinski definition) is 2. The number of quaternary nitrogens is 1. The zero-order chi connectivity index (χ0) is 20.9. The van der Waals surface area contributed by atoms with Crippen LogP contribution in [0.5, 0.6) is 0 Å². The van der Waals surface area contributed by atoms with Crippen LogP contribution in [0.15, 0.2) is 60.7 Å². The van der Waals surface area contributed by atoms with Crippen molar-refractivity contribution in [3.63, 3.8) is 0 Å². The van der Waals surface area contributed by atoms with Gasteiger partial charge >= 0.3 is 0 Å². The number of aryl methyl sites for hydroxylation is 2. The average Bonchev–Trinajstić information content (AvgIpc) is 3.19. The molecule has 1 atom stereocenters. The van der Waals surface area contributed by atoms with Crippen molar-refractivity contribution in [2.75, 3.05) is 31.6 Å². The number of carbonyl (C=O) groups is 1. The highest BCUT2D eigenvalue weighted by Crippen LogP contribution is 2.35. The molecule has 0 saturated carbocycles. The molecule has 2 N–H and O–H groups in total. The summed E-state index contributed by atoms with van der Waals surface area (Å²) in [6.45, 7) is 7.75. The van der Waals surface area contributed by atoms with E-state index in [1.54, 1.807) is 11.3 Å². The largest absolute Gasteiger partial charge is 0.370 e. The van der Waals surface area contributed by atoms with Crippen molar-refractivity contribution in [3.8, 4) is 0 Å². The Labute approximate surface area is 182 Å². The maximum atomic E-state index is 12.9. The summed E-state index contributed by atoms with van der Waals surface area (Å²) in [6.07, 6.45) is 0.956. The van der Waals surface area contributed by atoms with Crippen LogP contribution < -0.4 is 10.2 Å². The summed E-state index contributed by atoms with van der Waals surface area (Å²) < 4.78 is 5.63. The third kappa shape index (κ3) is 4.64. The molecule has 2 aromatic carbocycles. The Kier molecular flexibility index (Phi) is 6.62. The lowest BCUT2D eigenvalue weighted by Crippen LogP contribution is -3.14. The van der Waals surface area contributed by atoms with Gasteiger partial charge in [-0.15, -0.1) is 11.3 Å². The summed E-state index contributed by atoms with van der Waals surface area (Å²) in [5, 5.41) is 4.18. The number of morpholine rings is 1. The van der Waals surface area contributed by atoms with Crippen LogP contribution in [0.25, 0.3) is 0 Å². The molecule has 0 aliphatic carbocycles. The molecule has 0 unspecified atom stereocenters. The lowest BCUT2D eigenvalue weighted by molar-refractivity contribution is -0.933. The third-order valence-electron chi connectivity index (χ3n) is 5.69. The predicted molar refractivity (Wildman–Crippen MR) is 123 cm³/mol. The molecule has 5 heteroatoms. The first kappa shape index (κ1) is 20.8. The van der Waals surface area contributed by atoms with E-state index >= 15 is 0 Å². The number of benzene rings is 2. The minimum Gasteiger partial charge on any atom is -0.370 e. The molecule has 0 bridgehead atoms. The summed E-state index contributed by atoms with van der Waals surface area (Å²) >= 11 is 1.70. The lowest BCUT2D eigenvalue weighted by atomic mass is 9.96. The van der Waals surface area contributed by atoms with Crippen LogP contribution in [-0.4, -0.2) is 32.2 Å². The highest BCUT2D eigenvalue weighted by atomic mass is 32.1. The van der Waals surface area contributed by atoms with Gasteiger partial charge in [0.2, 0.25) is 0 Å². The minimum absolute atomic E-state index is 0.0546. The second-order valence-electron chi connectivity index (χ2n) is 7.79. The van der Waals surface area contributed by atoms with Gasteiger partial charge in [-0.1, -0.05) is 55.0 Å². The Morgan fingerprint density at radius 1 is 1.10 bits per heavy atom. The molecule has 1 saturated heterocycles. The first-order valence-electron chi connectivity index (χ1n) is 10.6. The first-order chi connectivity index (χ1) is 14.7. The predicted octanol–water partition coefficient (Wildman–Crippen LogP) is 3.88. The van der Waals surface area contributed by atoms with Crippen molar-refractivity contribution in [2.45, 2.75) is 26.3 Å². The number of thiophene rings is 1. The van der Waals surface area contributed by atoms with Gasteiger partial charge in [-0.05, 0) is 31.5 Å². The summed E-state index contributed by atoms with van der Waals surface area (Å²) in [7, 11) is 0. The number of nitrogens with one attached hydrogen (secondary N) is 2. The fourth-order valence-corrected chi connectivity index (χ4v) is 5.06. The van der Waals surface area contributed by atoms with Gasteiger partial charge in [0.1, 0.15) is 24.1 Å². The Bertz CT molecular complexity index is 976. The lowest BCUT2D eigenvalue weighted by Gasteiger charge is -2.32. The van der Waals surface area contributed by atoms with E-state index in [2.05, 4.69) is 49.5 Å². The molecule has 0 spiro atoms. The van der Waals surface area contributed by atoms with Crippen LogP contribution >= 0.6 is 11.3 Å². The van der Waals surface area contributed by atoms with E-state index in [0.717, 1.165) is 37.7 Å². The zero-order valence-electron chi connectivity index (χ0n) is 17.6. The molecule has 2 heterocycles. The molecule has 1 aromatic heterocycles. The quantitative estimate of drug-likeness (QED) is 0.634. The van der Waals surface area contributed by atoms with Crippen molar-refractivity contribution < 1.29 is 14.4 Å². The fraction of sp³-hybridized carbons (Fsp3) is 0.320. The van der Waals surface area contributed by atoms with E-state index in [1.165, 1.54) is 26.5 Å². The molecule has 1 aliphatic heterocycles. The Balaban J connectivity index is 1.73. The third-order valence-corrected chi connectivity index (χ3v) is 6.90.